The van der Waals surface area contributed by atoms with Crippen molar-refractivity contribution in [2.24, 2.45) is 0 Å². The molecule has 0 bridgehead atoms. The van der Waals surface area contributed by atoms with E-state index in [0.717, 1.165) is 10.6 Å². The van der Waals surface area contributed by atoms with Crippen LogP contribution in [-0.4, -0.2) is 49.3 Å². The number of alkyl halides is 4. The van der Waals surface area contributed by atoms with Crippen LogP contribution in [-0.2, 0) is 4.79 Å². The van der Waals surface area contributed by atoms with E-state index >= 15 is 0 Å². The van der Waals surface area contributed by atoms with E-state index in [9.17, 15) is 22.4 Å². The summed E-state index contributed by atoms with van der Waals surface area (Å²) < 4.78 is 50.4. The van der Waals surface area contributed by atoms with Crippen molar-refractivity contribution in [1.82, 2.24) is 4.90 Å². The zero-order chi connectivity index (χ0) is 15.6. The molecule has 0 radical (unpaired) electrons. The van der Waals surface area contributed by atoms with Crippen LogP contribution in [0.15, 0.2) is 24.3 Å². The number of carbonyl (C=O) groups excluding carboxylic acids is 1. The maximum absolute atomic E-state index is 13.0. The van der Waals surface area contributed by atoms with Gasteiger partial charge >= 0.3 is 12.3 Å². The van der Waals surface area contributed by atoms with Crippen molar-refractivity contribution < 1.29 is 22.4 Å². The number of anilines is 2. The van der Waals surface area contributed by atoms with E-state index in [2.05, 4.69) is 0 Å². The van der Waals surface area contributed by atoms with E-state index in [4.69, 9.17) is 5.73 Å². The molecule has 0 unspecified atom stereocenters. The highest BCUT2D eigenvalue weighted by molar-refractivity contribution is 5.84. The van der Waals surface area contributed by atoms with Crippen molar-refractivity contribution in [3.05, 3.63) is 24.3 Å². The first kappa shape index (κ1) is 15.4. The Morgan fingerprint density at radius 1 is 1.14 bits per heavy atom. The Kier molecular flexibility index (Phi) is 4.24. The summed E-state index contributed by atoms with van der Waals surface area (Å²) in [6, 6.07) is 7.04. The first-order valence-electron chi connectivity index (χ1n) is 6.39. The highest BCUT2D eigenvalue weighted by Crippen LogP contribution is 2.28. The average molecular weight is 305 g/mol. The Bertz CT molecular complexity index is 516. The lowest BCUT2D eigenvalue weighted by Crippen LogP contribution is -2.55. The molecule has 1 amide bonds. The molecular weight excluding hydrogens is 290 g/mol. The minimum absolute atomic E-state index is 0.0462. The molecule has 1 heterocycles. The second kappa shape index (κ2) is 5.79. The van der Waals surface area contributed by atoms with E-state index in [1.165, 1.54) is 0 Å². The molecule has 2 N–H and O–H groups in total. The van der Waals surface area contributed by atoms with Crippen molar-refractivity contribution in [2.45, 2.75) is 12.3 Å². The largest absolute Gasteiger partial charge is 0.397 e. The average Bonchev–Trinajstić information content (AvgIpc) is 2.47. The van der Waals surface area contributed by atoms with Gasteiger partial charge in [0.2, 0.25) is 0 Å². The molecule has 21 heavy (non-hydrogen) atoms. The topological polar surface area (TPSA) is 49.6 Å². The van der Waals surface area contributed by atoms with E-state index in [-0.39, 0.29) is 26.2 Å². The van der Waals surface area contributed by atoms with Gasteiger partial charge in [-0.3, -0.25) is 4.79 Å². The number of nitrogen functional groups attached to an aromatic ring is 1. The summed E-state index contributed by atoms with van der Waals surface area (Å²) in [4.78, 5) is 14.0. The van der Waals surface area contributed by atoms with Crippen LogP contribution < -0.4 is 10.6 Å². The minimum Gasteiger partial charge on any atom is -0.397 e. The molecule has 0 saturated carbocycles. The predicted octanol–water partition coefficient (Wildman–Crippen LogP) is 1.82. The molecule has 0 spiro atoms. The van der Waals surface area contributed by atoms with E-state index in [1.54, 1.807) is 24.3 Å². The first-order valence-corrected chi connectivity index (χ1v) is 6.39. The molecule has 1 saturated heterocycles. The van der Waals surface area contributed by atoms with Gasteiger partial charge in [-0.15, -0.1) is 0 Å². The lowest BCUT2D eigenvalue weighted by molar-refractivity contribution is -0.180. The second-order valence-electron chi connectivity index (χ2n) is 4.76. The molecule has 1 fully saturated rings. The van der Waals surface area contributed by atoms with Gasteiger partial charge in [-0.2, -0.15) is 8.78 Å². The number of hydrogen-bond acceptors (Lipinski definition) is 3. The van der Waals surface area contributed by atoms with Crippen molar-refractivity contribution in [2.75, 3.05) is 36.8 Å². The maximum Gasteiger partial charge on any atom is 0.383 e. The predicted molar refractivity (Wildman–Crippen MR) is 70.6 cm³/mol. The molecule has 8 heteroatoms. The standard InChI is InChI=1S/C13H15F4N3O/c14-11(15)13(16,17)12(21)20-7-5-19(6-8-20)10-4-2-1-3-9(10)18/h1-4,11H,5-8,18H2. The third kappa shape index (κ3) is 3.03. The Morgan fingerprint density at radius 3 is 2.24 bits per heavy atom. The summed E-state index contributed by atoms with van der Waals surface area (Å²) in [5.41, 5.74) is 7.09. The third-order valence-corrected chi connectivity index (χ3v) is 3.40. The monoisotopic (exact) mass is 305 g/mol. The smallest absolute Gasteiger partial charge is 0.383 e. The molecule has 0 atom stereocenters. The maximum atomic E-state index is 13.0. The van der Waals surface area contributed by atoms with Crippen LogP contribution in [0, 0.1) is 0 Å². The quantitative estimate of drug-likeness (QED) is 0.684. The molecule has 4 nitrogen and oxygen atoms in total. The highest BCUT2D eigenvalue weighted by Gasteiger charge is 2.51. The Morgan fingerprint density at radius 2 is 1.71 bits per heavy atom. The van der Waals surface area contributed by atoms with Crippen LogP contribution in [0.4, 0.5) is 28.9 Å². The number of halogens is 4. The van der Waals surface area contributed by atoms with Crippen molar-refractivity contribution in [3.63, 3.8) is 0 Å². The molecule has 1 aromatic rings. The Hall–Kier alpha value is -1.99. The van der Waals surface area contributed by atoms with Crippen LogP contribution in [0.1, 0.15) is 0 Å². The number of piperazine rings is 1. The van der Waals surface area contributed by atoms with Gasteiger partial charge < -0.3 is 15.5 Å². The van der Waals surface area contributed by atoms with Gasteiger partial charge in [-0.1, -0.05) is 12.1 Å². The summed E-state index contributed by atoms with van der Waals surface area (Å²) in [5, 5.41) is 0. The van der Waals surface area contributed by atoms with Gasteiger partial charge in [0.1, 0.15) is 0 Å². The number of nitrogens with zero attached hydrogens (tertiary/aromatic N) is 2. The molecule has 116 valence electrons. The number of rotatable bonds is 3. The number of carbonyl (C=O) groups is 1. The minimum atomic E-state index is -4.63. The van der Waals surface area contributed by atoms with Crippen LogP contribution in [0.5, 0.6) is 0 Å². The van der Waals surface area contributed by atoms with E-state index in [1.807, 2.05) is 4.90 Å². The number of nitrogens with two attached hydrogens (primary N) is 1. The zero-order valence-corrected chi connectivity index (χ0v) is 11.1. The summed E-state index contributed by atoms with van der Waals surface area (Å²) >= 11 is 0. The summed E-state index contributed by atoms with van der Waals surface area (Å²) in [7, 11) is 0. The van der Waals surface area contributed by atoms with Crippen LogP contribution in [0.2, 0.25) is 0 Å². The van der Waals surface area contributed by atoms with Gasteiger partial charge in [0.15, 0.2) is 0 Å². The van der Waals surface area contributed by atoms with Gasteiger partial charge in [0, 0.05) is 26.2 Å². The fourth-order valence-electron chi connectivity index (χ4n) is 2.23. The summed E-state index contributed by atoms with van der Waals surface area (Å²) in [6.07, 6.45) is -3.99. The Labute approximate surface area is 119 Å². The number of hydrogen-bond donors (Lipinski definition) is 1. The molecular formula is C13H15F4N3O. The lowest BCUT2D eigenvalue weighted by Gasteiger charge is -2.37. The molecule has 0 aliphatic carbocycles. The zero-order valence-electron chi connectivity index (χ0n) is 11.1. The molecule has 1 aliphatic rings. The fourth-order valence-corrected chi connectivity index (χ4v) is 2.23. The molecule has 2 rings (SSSR count). The van der Waals surface area contributed by atoms with Crippen LogP contribution >= 0.6 is 0 Å². The molecule has 1 aliphatic heterocycles. The van der Waals surface area contributed by atoms with Crippen LogP contribution in [0.25, 0.3) is 0 Å². The third-order valence-electron chi connectivity index (χ3n) is 3.40. The normalized spacial score (nSPS) is 16.4. The van der Waals surface area contributed by atoms with Gasteiger partial charge in [-0.05, 0) is 12.1 Å². The molecule has 0 aromatic heterocycles. The Balaban J connectivity index is 2.01. The number of amides is 1. The lowest BCUT2D eigenvalue weighted by atomic mass is 10.2. The number of benzene rings is 1. The first-order chi connectivity index (χ1) is 9.84. The van der Waals surface area contributed by atoms with E-state index in [0.29, 0.717) is 5.69 Å². The van der Waals surface area contributed by atoms with Gasteiger partial charge in [0.25, 0.3) is 5.91 Å². The second-order valence-corrected chi connectivity index (χ2v) is 4.76. The fraction of sp³-hybridized carbons (Fsp3) is 0.462. The molecule has 1 aromatic carbocycles. The van der Waals surface area contributed by atoms with E-state index < -0.39 is 18.3 Å². The summed E-state index contributed by atoms with van der Waals surface area (Å²) in [5.74, 6) is -6.45. The van der Waals surface area contributed by atoms with Crippen molar-refractivity contribution in [1.29, 1.82) is 0 Å². The van der Waals surface area contributed by atoms with Gasteiger partial charge in [-0.25, -0.2) is 8.78 Å². The number of para-hydroxylation sites is 2. The highest BCUT2D eigenvalue weighted by atomic mass is 19.3. The SMILES string of the molecule is Nc1ccccc1N1CCN(C(=O)C(F)(F)C(F)F)CC1. The summed E-state index contributed by atoms with van der Waals surface area (Å²) in [6.45, 7) is 0.434. The van der Waals surface area contributed by atoms with Crippen LogP contribution in [0.3, 0.4) is 0 Å². The van der Waals surface area contributed by atoms with Crippen molar-refractivity contribution >= 4 is 17.3 Å². The van der Waals surface area contributed by atoms with Crippen molar-refractivity contribution in [3.8, 4) is 0 Å². The van der Waals surface area contributed by atoms with Gasteiger partial charge in [0.05, 0.1) is 11.4 Å².